The molecule has 7 heteroatoms. The van der Waals surface area contributed by atoms with Crippen molar-refractivity contribution in [3.05, 3.63) is 58.5 Å². The Morgan fingerprint density at radius 1 is 1.09 bits per heavy atom. The summed E-state index contributed by atoms with van der Waals surface area (Å²) in [7, 11) is 3.29. The second kappa shape index (κ2) is 11.4. The van der Waals surface area contributed by atoms with Crippen LogP contribution in [-0.4, -0.2) is 42.5 Å². The van der Waals surface area contributed by atoms with Gasteiger partial charge in [-0.1, -0.05) is 68.2 Å². The highest BCUT2D eigenvalue weighted by Gasteiger charge is 2.29. The third-order valence-electron chi connectivity index (χ3n) is 5.36. The lowest BCUT2D eigenvalue weighted by Gasteiger charge is -2.16. The van der Waals surface area contributed by atoms with Crippen molar-refractivity contribution < 1.29 is 19.0 Å². The third-order valence-corrected chi connectivity index (χ3v) is 6.84. The molecular weight excluding hydrogens is 442 g/mol. The van der Waals surface area contributed by atoms with Crippen molar-refractivity contribution in [2.45, 2.75) is 32.6 Å². The number of rotatable bonds is 10. The lowest BCUT2D eigenvalue weighted by molar-refractivity contribution is -0.121. The first-order valence-corrected chi connectivity index (χ1v) is 11.9. The van der Waals surface area contributed by atoms with E-state index >= 15 is 0 Å². The number of nitrogens with zero attached hydrogens (tertiary/aromatic N) is 1. The van der Waals surface area contributed by atoms with Crippen LogP contribution in [0.2, 0.25) is 0 Å². The first-order valence-electron chi connectivity index (χ1n) is 10.7. The number of thiocarbonyl (C=S) groups is 1. The Bertz CT molecular complexity index is 1010. The highest BCUT2D eigenvalue weighted by molar-refractivity contribution is 8.26. The number of hydrogen-bond acceptors (Lipinski definition) is 6. The summed E-state index contributed by atoms with van der Waals surface area (Å²) >= 11 is 6.51. The molecule has 2 aromatic rings. The molecule has 32 heavy (non-hydrogen) atoms. The van der Waals surface area contributed by atoms with Crippen LogP contribution in [0.3, 0.4) is 0 Å². The molecule has 1 aliphatic rings. The predicted octanol–water partition coefficient (Wildman–Crippen LogP) is 5.89. The lowest BCUT2D eigenvalue weighted by atomic mass is 9.98. The molecule has 1 aliphatic heterocycles. The number of amides is 1. The number of hydrogen-bond donors (Lipinski definition) is 0. The number of carbonyl (C=O) groups is 1. The van der Waals surface area contributed by atoms with Gasteiger partial charge in [-0.3, -0.25) is 9.69 Å². The summed E-state index contributed by atoms with van der Waals surface area (Å²) < 4.78 is 18.1. The third kappa shape index (κ3) is 5.64. The molecule has 0 saturated carbocycles. The van der Waals surface area contributed by atoms with Crippen LogP contribution < -0.4 is 14.2 Å². The molecule has 1 atom stereocenters. The molecule has 1 amide bonds. The van der Waals surface area contributed by atoms with Crippen molar-refractivity contribution in [1.29, 1.82) is 0 Å². The fourth-order valence-electron chi connectivity index (χ4n) is 3.30. The summed E-state index contributed by atoms with van der Waals surface area (Å²) in [6.45, 7) is 5.40. The minimum atomic E-state index is -0.109. The average molecular weight is 472 g/mol. The van der Waals surface area contributed by atoms with E-state index in [1.54, 1.807) is 20.2 Å². The minimum Gasteiger partial charge on any atom is -0.493 e. The van der Waals surface area contributed by atoms with Gasteiger partial charge in [0.15, 0.2) is 11.5 Å². The topological polar surface area (TPSA) is 48.0 Å². The van der Waals surface area contributed by atoms with Crippen molar-refractivity contribution in [3.63, 3.8) is 0 Å². The van der Waals surface area contributed by atoms with Gasteiger partial charge in [0, 0.05) is 19.0 Å². The van der Waals surface area contributed by atoms with E-state index < -0.39 is 0 Å². The van der Waals surface area contributed by atoms with Gasteiger partial charge in [0.2, 0.25) is 0 Å². The molecule has 1 heterocycles. The Balaban J connectivity index is 1.65. The Kier molecular flexibility index (Phi) is 8.59. The fourth-order valence-corrected chi connectivity index (χ4v) is 4.47. The van der Waals surface area contributed by atoms with Gasteiger partial charge in [-0.25, -0.2) is 0 Å². The van der Waals surface area contributed by atoms with Crippen LogP contribution in [0.25, 0.3) is 6.08 Å². The number of benzene rings is 2. The van der Waals surface area contributed by atoms with E-state index in [4.69, 9.17) is 26.4 Å². The van der Waals surface area contributed by atoms with Gasteiger partial charge in [-0.2, -0.15) is 0 Å². The van der Waals surface area contributed by atoms with Crippen molar-refractivity contribution in [2.75, 3.05) is 27.4 Å². The highest BCUT2D eigenvalue weighted by Crippen LogP contribution is 2.37. The highest BCUT2D eigenvalue weighted by atomic mass is 32.2. The van der Waals surface area contributed by atoms with Crippen LogP contribution in [0.5, 0.6) is 17.2 Å². The average Bonchev–Trinajstić information content (AvgIpc) is 3.05. The zero-order chi connectivity index (χ0) is 23.1. The van der Waals surface area contributed by atoms with Crippen LogP contribution in [0.4, 0.5) is 0 Å². The standard InChI is InChI=1S/C25H29NO4S2/c1-5-17(2)19-11-6-7-12-20(19)29-14-9-15-30-23-18(10-8-13-21(23)28-4)16-22-24(27)26(3)25(31)32-22/h6-8,10-13,16-17H,5,9,14-15H2,1-4H3/b22-16+. The molecule has 1 saturated heterocycles. The number of thioether (sulfide) groups is 1. The smallest absolute Gasteiger partial charge is 0.265 e. The normalized spacial score (nSPS) is 15.9. The first-order chi connectivity index (χ1) is 15.5. The largest absolute Gasteiger partial charge is 0.493 e. The molecule has 5 nitrogen and oxygen atoms in total. The summed E-state index contributed by atoms with van der Waals surface area (Å²) in [5, 5.41) is 0. The molecule has 170 valence electrons. The van der Waals surface area contributed by atoms with Crippen LogP contribution in [0, 0.1) is 0 Å². The molecule has 0 bridgehead atoms. The van der Waals surface area contributed by atoms with E-state index in [1.807, 2.05) is 36.4 Å². The van der Waals surface area contributed by atoms with Gasteiger partial charge < -0.3 is 14.2 Å². The van der Waals surface area contributed by atoms with Crippen molar-refractivity contribution in [2.24, 2.45) is 0 Å². The summed E-state index contributed by atoms with van der Waals surface area (Å²) in [6, 6.07) is 13.8. The van der Waals surface area contributed by atoms with E-state index in [1.165, 1.54) is 22.2 Å². The van der Waals surface area contributed by atoms with E-state index in [0.717, 1.165) is 17.7 Å². The molecule has 1 unspecified atom stereocenters. The molecule has 0 radical (unpaired) electrons. The van der Waals surface area contributed by atoms with Gasteiger partial charge in [0.1, 0.15) is 10.1 Å². The Morgan fingerprint density at radius 3 is 2.50 bits per heavy atom. The van der Waals surface area contributed by atoms with Crippen molar-refractivity contribution >= 4 is 40.3 Å². The maximum Gasteiger partial charge on any atom is 0.265 e. The number of ether oxygens (including phenoxy) is 3. The van der Waals surface area contributed by atoms with Gasteiger partial charge in [0.25, 0.3) is 5.91 Å². The second-order valence-electron chi connectivity index (χ2n) is 7.52. The van der Waals surface area contributed by atoms with Gasteiger partial charge >= 0.3 is 0 Å². The molecule has 1 fully saturated rings. The minimum absolute atomic E-state index is 0.109. The molecular formula is C25H29NO4S2. The first kappa shape index (κ1) is 24.1. The maximum atomic E-state index is 12.4. The van der Waals surface area contributed by atoms with Gasteiger partial charge in [-0.05, 0) is 36.1 Å². The van der Waals surface area contributed by atoms with Crippen LogP contribution in [0.15, 0.2) is 47.4 Å². The molecule has 3 rings (SSSR count). The SMILES string of the molecule is CCC(C)c1ccccc1OCCCOc1c(/C=C2/SC(=S)N(C)C2=O)cccc1OC. The predicted molar refractivity (Wildman–Crippen MR) is 135 cm³/mol. The van der Waals surface area contributed by atoms with E-state index in [9.17, 15) is 4.79 Å². The number of carbonyl (C=O) groups excluding carboxylic acids is 1. The molecule has 2 aromatic carbocycles. The maximum absolute atomic E-state index is 12.4. The van der Waals surface area contributed by atoms with E-state index in [-0.39, 0.29) is 5.91 Å². The summed E-state index contributed by atoms with van der Waals surface area (Å²) in [6.07, 6.45) is 3.58. The van der Waals surface area contributed by atoms with E-state index in [0.29, 0.717) is 46.3 Å². The fraction of sp³-hybridized carbons (Fsp3) is 0.360. The Hall–Kier alpha value is -2.51. The summed E-state index contributed by atoms with van der Waals surface area (Å²) in [4.78, 5) is 14.4. The monoisotopic (exact) mass is 471 g/mol. The van der Waals surface area contributed by atoms with Crippen molar-refractivity contribution in [1.82, 2.24) is 4.90 Å². The summed E-state index contributed by atoms with van der Waals surface area (Å²) in [5.41, 5.74) is 2.01. The molecule has 0 aromatic heterocycles. The number of methoxy groups -OCH3 is 1. The zero-order valence-corrected chi connectivity index (χ0v) is 20.6. The Morgan fingerprint density at radius 2 is 1.81 bits per heavy atom. The van der Waals surface area contributed by atoms with E-state index in [2.05, 4.69) is 19.9 Å². The molecule has 0 aliphatic carbocycles. The van der Waals surface area contributed by atoms with Crippen molar-refractivity contribution in [3.8, 4) is 17.2 Å². The van der Waals surface area contributed by atoms with Crippen LogP contribution in [-0.2, 0) is 4.79 Å². The number of likely N-dealkylation sites (N-methyl/N-ethyl adjacent to an activating group) is 1. The lowest BCUT2D eigenvalue weighted by Crippen LogP contribution is -2.22. The van der Waals surface area contributed by atoms with Crippen LogP contribution in [0.1, 0.15) is 43.7 Å². The number of para-hydroxylation sites is 2. The van der Waals surface area contributed by atoms with Crippen LogP contribution >= 0.6 is 24.0 Å². The van der Waals surface area contributed by atoms with Gasteiger partial charge in [0.05, 0.1) is 25.2 Å². The second-order valence-corrected chi connectivity index (χ2v) is 9.19. The summed E-state index contributed by atoms with van der Waals surface area (Å²) in [5.74, 6) is 2.50. The zero-order valence-electron chi connectivity index (χ0n) is 18.9. The quantitative estimate of drug-likeness (QED) is 0.245. The Labute approximate surface area is 199 Å². The molecule has 0 spiro atoms. The van der Waals surface area contributed by atoms with Gasteiger partial charge in [-0.15, -0.1) is 0 Å². The molecule has 0 N–H and O–H groups in total.